The molecule has 2 aromatic carbocycles. The summed E-state index contributed by atoms with van der Waals surface area (Å²) in [5.74, 6) is -0.0665. The fourth-order valence-corrected chi connectivity index (χ4v) is 4.52. The molecular weight excluding hydrogens is 432 g/mol. The Morgan fingerprint density at radius 3 is 2.74 bits per heavy atom. The number of anilines is 1. The maximum absolute atomic E-state index is 12.5. The van der Waals surface area contributed by atoms with Crippen molar-refractivity contribution in [2.24, 2.45) is 0 Å². The van der Waals surface area contributed by atoms with Gasteiger partial charge in [0.2, 0.25) is 0 Å². The maximum Gasteiger partial charge on any atom is 0.256 e. The van der Waals surface area contributed by atoms with Gasteiger partial charge in [-0.2, -0.15) is 0 Å². The molecule has 0 bridgehead atoms. The second-order valence-electron chi connectivity index (χ2n) is 9.18. The number of rotatable bonds is 3. The highest BCUT2D eigenvalue weighted by Gasteiger charge is 2.25. The van der Waals surface area contributed by atoms with E-state index in [2.05, 4.69) is 61.1 Å². The monoisotopic (exact) mass is 468 g/mol. The van der Waals surface area contributed by atoms with E-state index in [1.807, 2.05) is 31.2 Å². The van der Waals surface area contributed by atoms with Gasteiger partial charge in [0.05, 0.1) is 6.61 Å². The molecule has 35 heavy (non-hydrogen) atoms. The average molecular weight is 469 g/mol. The number of hydrogen-bond donors (Lipinski definition) is 1. The van der Waals surface area contributed by atoms with Crippen LogP contribution in [0.3, 0.4) is 0 Å². The molecule has 1 amide bonds. The molecular formula is C31H36N2O2. The first-order valence-electron chi connectivity index (χ1n) is 12.4. The fraction of sp³-hybridized carbons (Fsp3) is 0.290. The van der Waals surface area contributed by atoms with Crippen molar-refractivity contribution in [1.29, 1.82) is 0 Å². The van der Waals surface area contributed by atoms with Gasteiger partial charge in [-0.15, -0.1) is 0 Å². The highest BCUT2D eigenvalue weighted by atomic mass is 16.5. The standard InChI is InChI=1S/C24H22N2O.C7H12O.H2/c1-4-18-7-5-6-15(2)23(18)19-10-11-22-20(13-19)21(24(27)26-22)12-17-9-8-16(3)25-14-17;1-7-3-2-5-8-6-4-7;/h5-14H,4H2,1-3H3,(H,26,27);1-6H2;1H/b21-12+;;. The fourth-order valence-electron chi connectivity index (χ4n) is 4.52. The van der Waals surface area contributed by atoms with Crippen LogP contribution in [0, 0.1) is 13.8 Å². The predicted octanol–water partition coefficient (Wildman–Crippen LogP) is 7.41. The molecule has 0 saturated carbocycles. The molecule has 5 rings (SSSR count). The zero-order valence-electron chi connectivity index (χ0n) is 21.0. The van der Waals surface area contributed by atoms with Crippen LogP contribution in [-0.4, -0.2) is 24.1 Å². The highest BCUT2D eigenvalue weighted by molar-refractivity contribution is 6.35. The Kier molecular flexibility index (Phi) is 7.94. The molecule has 4 heteroatoms. The quantitative estimate of drug-likeness (QED) is 0.322. The van der Waals surface area contributed by atoms with Gasteiger partial charge < -0.3 is 10.1 Å². The number of carbonyl (C=O) groups is 1. The number of nitrogens with zero attached hydrogens (tertiary/aromatic N) is 1. The number of aromatic nitrogens is 1. The van der Waals surface area contributed by atoms with Crippen LogP contribution in [0.25, 0.3) is 22.8 Å². The lowest BCUT2D eigenvalue weighted by atomic mass is 9.91. The number of fused-ring (bicyclic) bond motifs is 1. The molecule has 182 valence electrons. The van der Waals surface area contributed by atoms with Crippen molar-refractivity contribution in [3.8, 4) is 11.1 Å². The Labute approximate surface area is 210 Å². The Hall–Kier alpha value is -3.50. The molecule has 1 N–H and O–H groups in total. The number of benzene rings is 2. The van der Waals surface area contributed by atoms with Gasteiger partial charge in [-0.05, 0) is 91.6 Å². The molecule has 0 radical (unpaired) electrons. The average Bonchev–Trinajstić information content (AvgIpc) is 2.99. The summed E-state index contributed by atoms with van der Waals surface area (Å²) >= 11 is 0. The zero-order chi connectivity index (χ0) is 24.8. The van der Waals surface area contributed by atoms with Crippen molar-refractivity contribution < 1.29 is 11.0 Å². The number of ether oxygens (including phenoxy) is 1. The number of hydrogen-bond acceptors (Lipinski definition) is 3. The third-order valence-corrected chi connectivity index (χ3v) is 6.50. The van der Waals surface area contributed by atoms with Crippen molar-refractivity contribution in [1.82, 2.24) is 4.98 Å². The summed E-state index contributed by atoms with van der Waals surface area (Å²) in [5, 5.41) is 2.97. The number of pyridine rings is 1. The Morgan fingerprint density at radius 1 is 1.11 bits per heavy atom. The second-order valence-corrected chi connectivity index (χ2v) is 9.18. The van der Waals surface area contributed by atoms with E-state index in [1.165, 1.54) is 35.1 Å². The van der Waals surface area contributed by atoms with Crippen molar-refractivity contribution in [2.75, 3.05) is 18.5 Å². The number of carbonyl (C=O) groups excluding carboxylic acids is 1. The minimum absolute atomic E-state index is 0. The summed E-state index contributed by atoms with van der Waals surface area (Å²) < 4.78 is 5.20. The third-order valence-electron chi connectivity index (χ3n) is 6.50. The predicted molar refractivity (Wildman–Crippen MR) is 147 cm³/mol. The molecule has 4 nitrogen and oxygen atoms in total. The van der Waals surface area contributed by atoms with Crippen LogP contribution < -0.4 is 5.32 Å². The lowest BCUT2D eigenvalue weighted by Crippen LogP contribution is -2.03. The highest BCUT2D eigenvalue weighted by Crippen LogP contribution is 2.38. The maximum atomic E-state index is 12.5. The zero-order valence-corrected chi connectivity index (χ0v) is 21.0. The molecule has 1 aromatic heterocycles. The summed E-state index contributed by atoms with van der Waals surface area (Å²) in [7, 11) is 0. The lowest BCUT2D eigenvalue weighted by molar-refractivity contribution is -0.110. The normalized spacial score (nSPS) is 16.3. The molecule has 2 aliphatic rings. The van der Waals surface area contributed by atoms with E-state index in [4.69, 9.17) is 4.74 Å². The van der Waals surface area contributed by atoms with Gasteiger partial charge in [0.1, 0.15) is 0 Å². The van der Waals surface area contributed by atoms with Crippen molar-refractivity contribution in [3.05, 3.63) is 94.8 Å². The van der Waals surface area contributed by atoms with Gasteiger partial charge in [0, 0.05) is 36.7 Å². The summed E-state index contributed by atoms with van der Waals surface area (Å²) in [4.78, 5) is 16.9. The summed E-state index contributed by atoms with van der Waals surface area (Å²) in [6.45, 7) is 12.0. The van der Waals surface area contributed by atoms with Crippen LogP contribution in [0.2, 0.25) is 0 Å². The largest absolute Gasteiger partial charge is 0.381 e. The number of amides is 1. The first-order chi connectivity index (χ1) is 17.0. The molecule has 3 heterocycles. The molecule has 0 atom stereocenters. The van der Waals surface area contributed by atoms with Gasteiger partial charge in [0.25, 0.3) is 5.91 Å². The number of aryl methyl sites for hydroxylation is 3. The van der Waals surface area contributed by atoms with Gasteiger partial charge >= 0.3 is 0 Å². The SMILES string of the molecule is C=C1CCCOCC1.CCc1cccc(C)c1-c1ccc2c(c1)/C(=C\c1ccc(C)nc1)C(=O)N2.[HH]. The van der Waals surface area contributed by atoms with E-state index in [-0.39, 0.29) is 7.33 Å². The smallest absolute Gasteiger partial charge is 0.256 e. The van der Waals surface area contributed by atoms with Crippen LogP contribution in [0.4, 0.5) is 5.69 Å². The van der Waals surface area contributed by atoms with E-state index in [9.17, 15) is 4.79 Å². The molecule has 0 aliphatic carbocycles. The van der Waals surface area contributed by atoms with E-state index in [1.54, 1.807) is 6.20 Å². The van der Waals surface area contributed by atoms with Crippen LogP contribution in [0.5, 0.6) is 0 Å². The molecule has 0 unspecified atom stereocenters. The van der Waals surface area contributed by atoms with Crippen molar-refractivity contribution in [2.45, 2.75) is 46.5 Å². The minimum atomic E-state index is -0.0665. The Morgan fingerprint density at radius 2 is 1.97 bits per heavy atom. The molecule has 1 fully saturated rings. The van der Waals surface area contributed by atoms with Crippen LogP contribution in [0.1, 0.15) is 55.6 Å². The van der Waals surface area contributed by atoms with Crippen LogP contribution in [0.15, 0.2) is 66.9 Å². The van der Waals surface area contributed by atoms with E-state index < -0.39 is 0 Å². The molecule has 1 saturated heterocycles. The van der Waals surface area contributed by atoms with Gasteiger partial charge in [-0.3, -0.25) is 9.78 Å². The van der Waals surface area contributed by atoms with E-state index >= 15 is 0 Å². The third kappa shape index (κ3) is 5.95. The topological polar surface area (TPSA) is 51.2 Å². The second kappa shape index (κ2) is 11.3. The lowest BCUT2D eigenvalue weighted by Gasteiger charge is -2.13. The van der Waals surface area contributed by atoms with E-state index in [0.717, 1.165) is 54.1 Å². The Bertz CT molecular complexity index is 1250. The van der Waals surface area contributed by atoms with Crippen LogP contribution >= 0.6 is 0 Å². The van der Waals surface area contributed by atoms with Gasteiger partial charge in [-0.1, -0.05) is 49.4 Å². The van der Waals surface area contributed by atoms with Gasteiger partial charge in [0.15, 0.2) is 0 Å². The van der Waals surface area contributed by atoms with Crippen molar-refractivity contribution >= 4 is 23.2 Å². The van der Waals surface area contributed by atoms with E-state index in [0.29, 0.717) is 5.57 Å². The van der Waals surface area contributed by atoms with Crippen molar-refractivity contribution in [3.63, 3.8) is 0 Å². The van der Waals surface area contributed by atoms with Crippen LogP contribution in [-0.2, 0) is 16.0 Å². The minimum Gasteiger partial charge on any atom is -0.381 e. The first kappa shape index (κ1) is 24.6. The van der Waals surface area contributed by atoms with Gasteiger partial charge in [-0.25, -0.2) is 0 Å². The molecule has 0 spiro atoms. The Balaban J connectivity index is 0.000000344. The summed E-state index contributed by atoms with van der Waals surface area (Å²) in [5.41, 5.74) is 10.7. The molecule has 3 aromatic rings. The summed E-state index contributed by atoms with van der Waals surface area (Å²) in [6.07, 6.45) is 8.09. The first-order valence-corrected chi connectivity index (χ1v) is 12.4. The summed E-state index contributed by atoms with van der Waals surface area (Å²) in [6, 6.07) is 16.6. The number of nitrogens with one attached hydrogen (secondary N) is 1. The molecule has 2 aliphatic heterocycles.